The summed E-state index contributed by atoms with van der Waals surface area (Å²) in [4.78, 5) is 16.7. The van der Waals surface area contributed by atoms with Crippen molar-refractivity contribution in [3.8, 4) is 0 Å². The van der Waals surface area contributed by atoms with E-state index in [0.717, 1.165) is 10.9 Å². The maximum Gasteiger partial charge on any atom is 0.309 e. The highest BCUT2D eigenvalue weighted by atomic mass is 32.1. The molecule has 0 aromatic carbocycles. The molecule has 0 saturated heterocycles. The number of carboxylic acid groups (broad SMARTS) is 1. The normalized spacial score (nSPS) is 10.4. The zero-order valence-corrected chi connectivity index (χ0v) is 10.1. The van der Waals surface area contributed by atoms with Crippen LogP contribution >= 0.6 is 11.3 Å². The topological polar surface area (TPSA) is 66.6 Å². The van der Waals surface area contributed by atoms with Crippen molar-refractivity contribution in [1.29, 1.82) is 0 Å². The summed E-state index contributed by atoms with van der Waals surface area (Å²) in [6.45, 7) is 0.618. The number of carboxylic acids is 1. The zero-order chi connectivity index (χ0) is 12.3. The van der Waals surface area contributed by atoms with Crippen LogP contribution in [0.1, 0.15) is 11.5 Å². The molecular weight excluding hydrogens is 240 g/mol. The molecule has 0 saturated carbocycles. The van der Waals surface area contributed by atoms with Crippen LogP contribution in [0, 0.1) is 0 Å². The Morgan fingerprint density at radius 3 is 3.12 bits per heavy atom. The molecule has 0 aliphatic carbocycles. The first-order chi connectivity index (χ1) is 8.15. The molecule has 0 bridgehead atoms. The summed E-state index contributed by atoms with van der Waals surface area (Å²) in [5.41, 5.74) is 0.587. The van der Waals surface area contributed by atoms with Crippen molar-refractivity contribution < 1.29 is 14.3 Å². The molecular formula is C11H12N2O3S. The summed E-state index contributed by atoms with van der Waals surface area (Å²) < 4.78 is 5.24. The molecule has 0 amide bonds. The minimum Gasteiger partial charge on any atom is -0.481 e. The molecule has 2 rings (SSSR count). The third kappa shape index (κ3) is 3.07. The first-order valence-electron chi connectivity index (χ1n) is 5.05. The third-order valence-corrected chi connectivity index (χ3v) is 3.18. The van der Waals surface area contributed by atoms with Crippen LogP contribution in [0.2, 0.25) is 0 Å². The van der Waals surface area contributed by atoms with Gasteiger partial charge in [-0.2, -0.15) is 0 Å². The average molecular weight is 252 g/mol. The van der Waals surface area contributed by atoms with E-state index in [1.807, 2.05) is 24.1 Å². The van der Waals surface area contributed by atoms with Gasteiger partial charge in [0.1, 0.15) is 5.76 Å². The van der Waals surface area contributed by atoms with Gasteiger partial charge in [0.2, 0.25) is 0 Å². The van der Waals surface area contributed by atoms with E-state index >= 15 is 0 Å². The molecule has 2 aromatic rings. The molecule has 0 unspecified atom stereocenters. The largest absolute Gasteiger partial charge is 0.481 e. The van der Waals surface area contributed by atoms with Gasteiger partial charge < -0.3 is 14.4 Å². The first kappa shape index (κ1) is 11.7. The Balaban J connectivity index is 2.01. The van der Waals surface area contributed by atoms with Gasteiger partial charge in [0.15, 0.2) is 5.13 Å². The quantitative estimate of drug-likeness (QED) is 0.881. The van der Waals surface area contributed by atoms with Crippen molar-refractivity contribution in [3.63, 3.8) is 0 Å². The summed E-state index contributed by atoms with van der Waals surface area (Å²) in [6, 6.07) is 3.73. The Morgan fingerprint density at radius 1 is 1.65 bits per heavy atom. The number of thiazole rings is 1. The van der Waals surface area contributed by atoms with Crippen LogP contribution in [0.3, 0.4) is 0 Å². The van der Waals surface area contributed by atoms with Crippen LogP contribution in [-0.4, -0.2) is 23.1 Å². The predicted molar refractivity (Wildman–Crippen MR) is 64.3 cm³/mol. The second-order valence-corrected chi connectivity index (χ2v) is 4.46. The highest BCUT2D eigenvalue weighted by Crippen LogP contribution is 2.21. The Hall–Kier alpha value is -1.82. The van der Waals surface area contributed by atoms with Crippen LogP contribution in [0.5, 0.6) is 0 Å². The van der Waals surface area contributed by atoms with E-state index in [4.69, 9.17) is 9.52 Å². The molecule has 6 heteroatoms. The molecule has 0 aliphatic heterocycles. The highest BCUT2D eigenvalue weighted by molar-refractivity contribution is 7.13. The Labute approximate surface area is 102 Å². The van der Waals surface area contributed by atoms with Gasteiger partial charge >= 0.3 is 5.97 Å². The molecule has 17 heavy (non-hydrogen) atoms. The van der Waals surface area contributed by atoms with Gasteiger partial charge in [-0.05, 0) is 12.1 Å². The maximum atomic E-state index is 10.5. The summed E-state index contributed by atoms with van der Waals surface area (Å²) in [6.07, 6.45) is 1.59. The van der Waals surface area contributed by atoms with Crippen LogP contribution in [0.25, 0.3) is 0 Å². The summed E-state index contributed by atoms with van der Waals surface area (Å²) in [5, 5.41) is 11.2. The lowest BCUT2D eigenvalue weighted by molar-refractivity contribution is -0.136. The van der Waals surface area contributed by atoms with Gasteiger partial charge in [0.25, 0.3) is 0 Å². The monoisotopic (exact) mass is 252 g/mol. The molecule has 90 valence electrons. The number of aromatic nitrogens is 1. The van der Waals surface area contributed by atoms with E-state index in [-0.39, 0.29) is 6.42 Å². The van der Waals surface area contributed by atoms with Crippen LogP contribution < -0.4 is 4.90 Å². The van der Waals surface area contributed by atoms with Crippen LogP contribution in [0.4, 0.5) is 5.13 Å². The Morgan fingerprint density at radius 2 is 2.47 bits per heavy atom. The molecule has 2 aromatic heterocycles. The van der Waals surface area contributed by atoms with Gasteiger partial charge in [-0.15, -0.1) is 11.3 Å². The number of furan rings is 1. The fourth-order valence-electron chi connectivity index (χ4n) is 1.41. The van der Waals surface area contributed by atoms with Crippen LogP contribution in [0.15, 0.2) is 28.2 Å². The molecule has 0 fully saturated rings. The lowest BCUT2D eigenvalue weighted by atomic mass is 10.3. The van der Waals surface area contributed by atoms with Crippen LogP contribution in [-0.2, 0) is 17.8 Å². The SMILES string of the molecule is CN(Cc1ccco1)c1nc(CC(=O)O)cs1. The van der Waals surface area contributed by atoms with Crippen molar-refractivity contribution >= 4 is 22.4 Å². The smallest absolute Gasteiger partial charge is 0.309 e. The number of rotatable bonds is 5. The predicted octanol–water partition coefficient (Wildman–Crippen LogP) is 2.00. The zero-order valence-electron chi connectivity index (χ0n) is 9.29. The molecule has 2 heterocycles. The van der Waals surface area contributed by atoms with Gasteiger partial charge in [0, 0.05) is 12.4 Å². The van der Waals surface area contributed by atoms with E-state index in [9.17, 15) is 4.79 Å². The maximum absolute atomic E-state index is 10.5. The van der Waals surface area contributed by atoms with Crippen molar-refractivity contribution in [2.24, 2.45) is 0 Å². The van der Waals surface area contributed by atoms with Gasteiger partial charge in [0.05, 0.1) is 24.9 Å². The van der Waals surface area contributed by atoms with Gasteiger partial charge in [-0.1, -0.05) is 0 Å². The van der Waals surface area contributed by atoms with Gasteiger partial charge in [-0.25, -0.2) is 4.98 Å². The number of hydrogen-bond donors (Lipinski definition) is 1. The Bertz CT molecular complexity index is 493. The number of aliphatic carboxylic acids is 1. The second-order valence-electron chi connectivity index (χ2n) is 3.63. The lowest BCUT2D eigenvalue weighted by Gasteiger charge is -2.13. The summed E-state index contributed by atoms with van der Waals surface area (Å²) in [7, 11) is 1.89. The van der Waals surface area contributed by atoms with E-state index in [0.29, 0.717) is 12.2 Å². The molecule has 1 N–H and O–H groups in total. The molecule has 0 aliphatic rings. The highest BCUT2D eigenvalue weighted by Gasteiger charge is 2.10. The van der Waals surface area contributed by atoms with Crippen molar-refractivity contribution in [2.75, 3.05) is 11.9 Å². The Kier molecular flexibility index (Phi) is 3.43. The fraction of sp³-hybridized carbons (Fsp3) is 0.273. The summed E-state index contributed by atoms with van der Waals surface area (Å²) >= 11 is 1.43. The number of carbonyl (C=O) groups is 1. The third-order valence-electron chi connectivity index (χ3n) is 2.17. The van der Waals surface area contributed by atoms with Gasteiger partial charge in [-0.3, -0.25) is 4.79 Å². The van der Waals surface area contributed by atoms with Crippen molar-refractivity contribution in [3.05, 3.63) is 35.2 Å². The minimum atomic E-state index is -0.865. The molecule has 5 nitrogen and oxygen atoms in total. The average Bonchev–Trinajstić information content (AvgIpc) is 2.87. The second kappa shape index (κ2) is 5.01. The van der Waals surface area contributed by atoms with E-state index in [2.05, 4.69) is 4.98 Å². The first-order valence-corrected chi connectivity index (χ1v) is 5.93. The molecule has 0 spiro atoms. The van der Waals surface area contributed by atoms with Crippen molar-refractivity contribution in [1.82, 2.24) is 4.98 Å². The van der Waals surface area contributed by atoms with E-state index < -0.39 is 5.97 Å². The minimum absolute atomic E-state index is 0.0366. The molecule has 0 atom stereocenters. The number of anilines is 1. The summed E-state index contributed by atoms with van der Waals surface area (Å²) in [5.74, 6) is -0.0157. The van der Waals surface area contributed by atoms with E-state index in [1.54, 1.807) is 11.6 Å². The lowest BCUT2D eigenvalue weighted by Crippen LogP contribution is -2.15. The fourth-order valence-corrected chi connectivity index (χ4v) is 2.20. The van der Waals surface area contributed by atoms with Crippen molar-refractivity contribution in [2.45, 2.75) is 13.0 Å². The number of hydrogen-bond acceptors (Lipinski definition) is 5. The number of nitrogens with zero attached hydrogens (tertiary/aromatic N) is 2. The molecule has 0 radical (unpaired) electrons. The van der Waals surface area contributed by atoms with E-state index in [1.165, 1.54) is 11.3 Å². The standard InChI is InChI=1S/C11H12N2O3S/c1-13(6-9-3-2-4-16-9)11-12-8(7-17-11)5-10(14)15/h2-4,7H,5-6H2,1H3,(H,14,15).